The fraction of sp³-hybridized carbons (Fsp3) is 0.160. The Bertz CT molecular complexity index is 1570. The lowest BCUT2D eigenvalue weighted by molar-refractivity contribution is 0.0476. The Morgan fingerprint density at radius 1 is 1.11 bits per heavy atom. The zero-order chi connectivity index (χ0) is 24.7. The first-order valence-corrected chi connectivity index (χ1v) is 11.5. The monoisotopic (exact) mass is 490 g/mol. The third-order valence-corrected chi connectivity index (χ3v) is 6.41. The van der Waals surface area contributed by atoms with Crippen molar-refractivity contribution >= 4 is 34.2 Å². The van der Waals surface area contributed by atoms with Crippen molar-refractivity contribution in [3.8, 4) is 16.4 Å². The van der Waals surface area contributed by atoms with Gasteiger partial charge in [0.2, 0.25) is 5.78 Å². The molecule has 0 atom stereocenters. The number of halogens is 1. The highest BCUT2D eigenvalue weighted by Gasteiger charge is 2.23. The summed E-state index contributed by atoms with van der Waals surface area (Å²) in [6, 6.07) is 8.97. The SMILES string of the molecule is Cc1noc2nc(-c3ccc(F)cc3)cc(C(=O)OCC(=O)c3cc(C)n(-c4nccs4)c3C)c12. The van der Waals surface area contributed by atoms with Crippen molar-refractivity contribution in [1.29, 1.82) is 0 Å². The topological polar surface area (TPSA) is 100 Å². The number of pyridine rings is 1. The average molecular weight is 491 g/mol. The number of aryl methyl sites for hydroxylation is 2. The molecule has 5 aromatic rings. The highest BCUT2D eigenvalue weighted by atomic mass is 32.1. The minimum Gasteiger partial charge on any atom is -0.454 e. The maximum absolute atomic E-state index is 13.4. The molecule has 0 fully saturated rings. The van der Waals surface area contributed by atoms with Crippen LogP contribution in [0, 0.1) is 26.6 Å². The third-order valence-electron chi connectivity index (χ3n) is 5.65. The molecule has 176 valence electrons. The number of rotatable bonds is 6. The lowest BCUT2D eigenvalue weighted by Crippen LogP contribution is -2.15. The number of nitrogens with zero attached hydrogens (tertiary/aromatic N) is 4. The number of hydrogen-bond donors (Lipinski definition) is 0. The summed E-state index contributed by atoms with van der Waals surface area (Å²) in [6.45, 7) is 4.95. The Morgan fingerprint density at radius 2 is 1.89 bits per heavy atom. The van der Waals surface area contributed by atoms with Crippen LogP contribution >= 0.6 is 11.3 Å². The van der Waals surface area contributed by atoms with Crippen LogP contribution in [0.4, 0.5) is 4.39 Å². The molecule has 0 saturated heterocycles. The molecule has 0 radical (unpaired) electrons. The summed E-state index contributed by atoms with van der Waals surface area (Å²) >= 11 is 1.46. The summed E-state index contributed by atoms with van der Waals surface area (Å²) in [5, 5.41) is 6.91. The molecule has 0 aliphatic carbocycles. The molecule has 4 heterocycles. The van der Waals surface area contributed by atoms with Crippen LogP contribution in [-0.2, 0) is 4.74 Å². The van der Waals surface area contributed by atoms with Crippen LogP contribution in [0.5, 0.6) is 0 Å². The summed E-state index contributed by atoms with van der Waals surface area (Å²) in [5.41, 5.74) is 3.77. The molecule has 0 spiro atoms. The van der Waals surface area contributed by atoms with Crippen LogP contribution in [0.25, 0.3) is 27.5 Å². The quantitative estimate of drug-likeness (QED) is 0.237. The van der Waals surface area contributed by atoms with E-state index in [9.17, 15) is 14.0 Å². The number of carbonyl (C=O) groups is 2. The van der Waals surface area contributed by atoms with Crippen molar-refractivity contribution in [1.82, 2.24) is 19.7 Å². The number of hydrogen-bond acceptors (Lipinski definition) is 8. The number of esters is 1. The number of Topliss-reactive ketones (excluding diaryl/α,β-unsaturated/α-hetero) is 1. The molecule has 4 aromatic heterocycles. The lowest BCUT2D eigenvalue weighted by atomic mass is 10.1. The van der Waals surface area contributed by atoms with Gasteiger partial charge in [-0.15, -0.1) is 11.3 Å². The van der Waals surface area contributed by atoms with Crippen LogP contribution in [0.15, 0.2) is 52.5 Å². The molecule has 0 amide bonds. The molecule has 35 heavy (non-hydrogen) atoms. The molecule has 0 saturated carbocycles. The van der Waals surface area contributed by atoms with Gasteiger partial charge in [0.05, 0.1) is 22.3 Å². The fourth-order valence-electron chi connectivity index (χ4n) is 3.98. The molecule has 8 nitrogen and oxygen atoms in total. The second-order valence-electron chi connectivity index (χ2n) is 7.94. The Labute approximate surface area is 203 Å². The number of ether oxygens (including phenoxy) is 1. The van der Waals surface area contributed by atoms with Crippen molar-refractivity contribution in [3.63, 3.8) is 0 Å². The van der Waals surface area contributed by atoms with Gasteiger partial charge in [-0.05, 0) is 57.2 Å². The van der Waals surface area contributed by atoms with E-state index in [4.69, 9.17) is 9.26 Å². The van der Waals surface area contributed by atoms with E-state index < -0.39 is 18.4 Å². The number of fused-ring (bicyclic) bond motifs is 1. The number of thiazole rings is 1. The summed E-state index contributed by atoms with van der Waals surface area (Å²) < 4.78 is 25.9. The van der Waals surface area contributed by atoms with Gasteiger partial charge in [0.15, 0.2) is 11.7 Å². The first-order chi connectivity index (χ1) is 16.8. The third kappa shape index (κ3) is 4.12. The molecule has 0 bridgehead atoms. The summed E-state index contributed by atoms with van der Waals surface area (Å²) in [6.07, 6.45) is 1.70. The predicted molar refractivity (Wildman–Crippen MR) is 127 cm³/mol. The van der Waals surface area contributed by atoms with Crippen molar-refractivity contribution in [2.75, 3.05) is 6.61 Å². The van der Waals surface area contributed by atoms with Gasteiger partial charge < -0.3 is 9.26 Å². The Hall–Kier alpha value is -4.18. The van der Waals surface area contributed by atoms with E-state index in [0.717, 1.165) is 16.5 Å². The summed E-state index contributed by atoms with van der Waals surface area (Å²) in [4.78, 5) is 34.7. The lowest BCUT2D eigenvalue weighted by Gasteiger charge is -2.08. The van der Waals surface area contributed by atoms with Crippen LogP contribution in [0.2, 0.25) is 0 Å². The van der Waals surface area contributed by atoms with Crippen LogP contribution in [0.3, 0.4) is 0 Å². The maximum atomic E-state index is 13.4. The normalized spacial score (nSPS) is 11.2. The second-order valence-corrected chi connectivity index (χ2v) is 8.82. The van der Waals surface area contributed by atoms with Gasteiger partial charge in [-0.25, -0.2) is 19.2 Å². The van der Waals surface area contributed by atoms with Crippen LogP contribution in [-0.4, -0.2) is 38.1 Å². The standard InChI is InChI=1S/C25H19FN4O4S/c1-13-10-18(15(3)30(13)25-27-8-9-35-25)21(31)12-33-24(32)19-11-20(16-4-6-17(26)7-5-16)28-23-22(19)14(2)29-34-23/h4-11H,12H2,1-3H3. The molecule has 1 aromatic carbocycles. The number of benzene rings is 1. The van der Waals surface area contributed by atoms with E-state index in [1.54, 1.807) is 31.3 Å². The zero-order valence-corrected chi connectivity index (χ0v) is 19.9. The van der Waals surface area contributed by atoms with E-state index >= 15 is 0 Å². The smallest absolute Gasteiger partial charge is 0.339 e. The molecule has 10 heteroatoms. The van der Waals surface area contributed by atoms with Gasteiger partial charge in [-0.3, -0.25) is 9.36 Å². The highest BCUT2D eigenvalue weighted by molar-refractivity contribution is 7.12. The van der Waals surface area contributed by atoms with Gasteiger partial charge in [0.1, 0.15) is 5.82 Å². The van der Waals surface area contributed by atoms with Gasteiger partial charge in [0, 0.05) is 34.1 Å². The number of carbonyl (C=O) groups excluding carboxylic acids is 2. The number of aromatic nitrogens is 4. The van der Waals surface area contributed by atoms with E-state index in [2.05, 4.69) is 15.1 Å². The second kappa shape index (κ2) is 8.88. The summed E-state index contributed by atoms with van der Waals surface area (Å²) in [5.74, 6) is -1.44. The van der Waals surface area contributed by atoms with E-state index in [0.29, 0.717) is 27.9 Å². The molecule has 0 aliphatic heterocycles. The molecule has 0 unspecified atom stereocenters. The van der Waals surface area contributed by atoms with Crippen LogP contribution < -0.4 is 0 Å². The van der Waals surface area contributed by atoms with Crippen molar-refractivity contribution in [2.45, 2.75) is 20.8 Å². The van der Waals surface area contributed by atoms with Crippen molar-refractivity contribution in [2.24, 2.45) is 0 Å². The molecular formula is C25H19FN4O4S. The average Bonchev–Trinajstić information content (AvgIpc) is 3.57. The van der Waals surface area contributed by atoms with Gasteiger partial charge >= 0.3 is 5.97 Å². The molecule has 5 rings (SSSR count). The van der Waals surface area contributed by atoms with E-state index in [1.807, 2.05) is 23.8 Å². The zero-order valence-electron chi connectivity index (χ0n) is 19.0. The van der Waals surface area contributed by atoms with Gasteiger partial charge in [0.25, 0.3) is 5.71 Å². The molecule has 0 N–H and O–H groups in total. The summed E-state index contributed by atoms with van der Waals surface area (Å²) in [7, 11) is 0. The Kier molecular flexibility index (Phi) is 5.73. The maximum Gasteiger partial charge on any atom is 0.339 e. The molecular weight excluding hydrogens is 471 g/mol. The van der Waals surface area contributed by atoms with Crippen molar-refractivity contribution < 1.29 is 23.2 Å². The van der Waals surface area contributed by atoms with E-state index in [1.165, 1.54) is 29.5 Å². The Balaban J connectivity index is 1.42. The predicted octanol–water partition coefficient (Wildman–Crippen LogP) is 5.24. The van der Waals surface area contributed by atoms with Gasteiger partial charge in [-0.2, -0.15) is 0 Å². The fourth-order valence-corrected chi connectivity index (χ4v) is 4.73. The Morgan fingerprint density at radius 3 is 2.60 bits per heavy atom. The van der Waals surface area contributed by atoms with Gasteiger partial charge in [-0.1, -0.05) is 5.16 Å². The minimum atomic E-state index is -0.714. The first kappa shape index (κ1) is 22.6. The number of ketones is 1. The largest absolute Gasteiger partial charge is 0.454 e. The minimum absolute atomic E-state index is 0.148. The van der Waals surface area contributed by atoms with Crippen LogP contribution in [0.1, 0.15) is 37.8 Å². The molecule has 0 aliphatic rings. The van der Waals surface area contributed by atoms with E-state index in [-0.39, 0.29) is 17.1 Å². The highest BCUT2D eigenvalue weighted by Crippen LogP contribution is 2.28. The van der Waals surface area contributed by atoms with Crippen molar-refractivity contribution in [3.05, 3.63) is 82.0 Å². The first-order valence-electron chi connectivity index (χ1n) is 10.7.